The van der Waals surface area contributed by atoms with Gasteiger partial charge in [-0.05, 0) is 56.6 Å². The van der Waals surface area contributed by atoms with E-state index in [4.69, 9.17) is 5.32 Å². The molecule has 5 heteroatoms. The molecule has 2 aliphatic carbocycles. The molecule has 2 aliphatic rings. The zero-order chi connectivity index (χ0) is 16.0. The Morgan fingerprint density at radius 2 is 1.87 bits per heavy atom. The molecule has 1 saturated carbocycles. The van der Waals surface area contributed by atoms with Crippen molar-refractivity contribution in [3.8, 4) is 0 Å². The largest absolute Gasteiger partial charge is 0.462 e. The number of hydrogen-bond acceptors (Lipinski definition) is 3. The summed E-state index contributed by atoms with van der Waals surface area (Å²) >= 11 is 1.85. The second-order valence-electron chi connectivity index (χ2n) is 7.94. The van der Waals surface area contributed by atoms with Gasteiger partial charge in [-0.15, -0.1) is 11.3 Å². The smallest absolute Gasteiger partial charge is 0.123 e. The van der Waals surface area contributed by atoms with E-state index in [0.717, 1.165) is 21.2 Å². The van der Waals surface area contributed by atoms with Gasteiger partial charge in [0.05, 0.1) is 27.2 Å². The van der Waals surface area contributed by atoms with E-state index >= 15 is 0 Å². The summed E-state index contributed by atoms with van der Waals surface area (Å²) in [6, 6.07) is 1.21. The molecule has 4 nitrogen and oxygen atoms in total. The maximum Gasteiger partial charge on any atom is 0.123 e. The van der Waals surface area contributed by atoms with Crippen LogP contribution in [0, 0.1) is 0 Å². The molecule has 124 valence electrons. The molecule has 0 amide bonds. The standard InChI is InChI=1S/C18H26N4S/c1-22(2,3)13-9-7-12(8-10-13)21-17-16-14-5-4-6-15(14)23-18(16)20-11-19-17/h11-13H,4-10H2,1-3H3. The number of fused-ring (bicyclic) bond motifs is 3. The van der Waals surface area contributed by atoms with Gasteiger partial charge >= 0.3 is 0 Å². The molecule has 0 spiro atoms. The number of rotatable bonds is 3. The topological polar surface area (TPSA) is 39.9 Å². The van der Waals surface area contributed by atoms with Gasteiger partial charge in [0.25, 0.3) is 0 Å². The monoisotopic (exact) mass is 330 g/mol. The van der Waals surface area contributed by atoms with E-state index in [1.165, 1.54) is 60.8 Å². The second kappa shape index (κ2) is 5.71. The Morgan fingerprint density at radius 3 is 2.61 bits per heavy atom. The summed E-state index contributed by atoms with van der Waals surface area (Å²) < 4.78 is 1.07. The zero-order valence-electron chi connectivity index (χ0n) is 14.4. The van der Waals surface area contributed by atoms with E-state index in [-0.39, 0.29) is 0 Å². The first-order valence-corrected chi connectivity index (χ1v) is 9.61. The molecule has 2 aromatic rings. The van der Waals surface area contributed by atoms with E-state index < -0.39 is 0 Å². The second-order valence-corrected chi connectivity index (χ2v) is 9.03. The number of aromatic nitrogens is 2. The summed E-state index contributed by atoms with van der Waals surface area (Å²) in [5.74, 6) is 0.961. The van der Waals surface area contributed by atoms with Gasteiger partial charge < -0.3 is 14.8 Å². The van der Waals surface area contributed by atoms with Gasteiger partial charge in [-0.25, -0.2) is 4.98 Å². The maximum atomic E-state index is 5.06. The molecule has 2 aromatic heterocycles. The minimum atomic E-state index is 0.438. The summed E-state index contributed by atoms with van der Waals surface area (Å²) in [7, 11) is 6.93. The van der Waals surface area contributed by atoms with Crippen LogP contribution in [0.2, 0.25) is 0 Å². The van der Waals surface area contributed by atoms with E-state index in [1.54, 1.807) is 6.33 Å². The number of quaternary nitrogens is 1. The molecular formula is C18H26N4S. The molecule has 4 rings (SSSR count). The average Bonchev–Trinajstić information content (AvgIpc) is 3.07. The molecule has 0 N–H and O–H groups in total. The van der Waals surface area contributed by atoms with Crippen molar-refractivity contribution in [2.24, 2.45) is 0 Å². The Morgan fingerprint density at radius 1 is 1.09 bits per heavy atom. The van der Waals surface area contributed by atoms with Crippen LogP contribution in [0.5, 0.6) is 0 Å². The molecule has 2 heterocycles. The number of aryl methyl sites for hydroxylation is 2. The van der Waals surface area contributed by atoms with Crippen LogP contribution in [0.1, 0.15) is 42.5 Å². The fourth-order valence-electron chi connectivity index (χ4n) is 4.14. The van der Waals surface area contributed by atoms with Gasteiger partial charge in [0.1, 0.15) is 4.83 Å². The van der Waals surface area contributed by atoms with E-state index in [2.05, 4.69) is 31.1 Å². The molecule has 23 heavy (non-hydrogen) atoms. The quantitative estimate of drug-likeness (QED) is 0.791. The Balaban J connectivity index is 1.53. The van der Waals surface area contributed by atoms with Crippen molar-refractivity contribution >= 4 is 27.4 Å². The predicted molar refractivity (Wildman–Crippen MR) is 96.5 cm³/mol. The Kier molecular flexibility index (Phi) is 3.81. The summed E-state index contributed by atoms with van der Waals surface area (Å²) in [6.07, 6.45) is 10.3. The molecule has 0 bridgehead atoms. The van der Waals surface area contributed by atoms with Crippen LogP contribution in [-0.4, -0.2) is 47.7 Å². The Bertz CT molecular complexity index is 708. The van der Waals surface area contributed by atoms with Crippen molar-refractivity contribution in [1.82, 2.24) is 9.97 Å². The van der Waals surface area contributed by atoms with E-state index in [9.17, 15) is 0 Å². The molecule has 0 aromatic carbocycles. The summed E-state index contributed by atoms with van der Waals surface area (Å²) in [5.41, 5.74) is 1.49. The van der Waals surface area contributed by atoms with Crippen LogP contribution in [-0.2, 0) is 12.8 Å². The third kappa shape index (κ3) is 2.85. The Hall–Kier alpha value is -1.20. The van der Waals surface area contributed by atoms with Crippen molar-refractivity contribution in [2.75, 3.05) is 21.1 Å². The highest BCUT2D eigenvalue weighted by Crippen LogP contribution is 2.43. The average molecular weight is 331 g/mol. The summed E-state index contributed by atoms with van der Waals surface area (Å²) in [4.78, 5) is 11.7. The minimum absolute atomic E-state index is 0.438. The van der Waals surface area contributed by atoms with Crippen molar-refractivity contribution in [1.29, 1.82) is 0 Å². The lowest BCUT2D eigenvalue weighted by molar-refractivity contribution is -0.897. The molecule has 0 saturated heterocycles. The first kappa shape index (κ1) is 15.3. The minimum Gasteiger partial charge on any atom is -0.462 e. The van der Waals surface area contributed by atoms with Gasteiger partial charge in [-0.1, -0.05) is 5.82 Å². The van der Waals surface area contributed by atoms with Gasteiger partial charge in [0.15, 0.2) is 0 Å². The van der Waals surface area contributed by atoms with Crippen LogP contribution < -0.4 is 0 Å². The molecule has 0 aliphatic heterocycles. The van der Waals surface area contributed by atoms with E-state index in [0.29, 0.717) is 6.04 Å². The van der Waals surface area contributed by atoms with Crippen LogP contribution in [0.4, 0.5) is 5.82 Å². The van der Waals surface area contributed by atoms with Gasteiger partial charge in [-0.2, -0.15) is 0 Å². The molecule has 0 atom stereocenters. The summed E-state index contributed by atoms with van der Waals surface area (Å²) in [5, 5.41) is 6.32. The summed E-state index contributed by atoms with van der Waals surface area (Å²) in [6.45, 7) is 0. The highest BCUT2D eigenvalue weighted by Gasteiger charge is 2.28. The molecule has 0 radical (unpaired) electrons. The number of nitrogens with zero attached hydrogens (tertiary/aromatic N) is 4. The lowest BCUT2D eigenvalue weighted by Crippen LogP contribution is -2.47. The lowest BCUT2D eigenvalue weighted by Gasteiger charge is -2.40. The van der Waals surface area contributed by atoms with Crippen molar-refractivity contribution in [3.63, 3.8) is 0 Å². The highest BCUT2D eigenvalue weighted by molar-refractivity contribution is 7.19. The van der Waals surface area contributed by atoms with Crippen molar-refractivity contribution < 1.29 is 4.48 Å². The highest BCUT2D eigenvalue weighted by atomic mass is 32.1. The van der Waals surface area contributed by atoms with E-state index in [1.807, 2.05) is 11.3 Å². The van der Waals surface area contributed by atoms with Crippen LogP contribution in [0.15, 0.2) is 6.33 Å². The van der Waals surface area contributed by atoms with Gasteiger partial charge in [0.2, 0.25) is 0 Å². The van der Waals surface area contributed by atoms with Crippen molar-refractivity contribution in [3.05, 3.63) is 22.1 Å². The maximum absolute atomic E-state index is 5.06. The first-order valence-electron chi connectivity index (χ1n) is 8.79. The van der Waals surface area contributed by atoms with Gasteiger partial charge in [-0.3, -0.25) is 0 Å². The zero-order valence-corrected chi connectivity index (χ0v) is 15.2. The third-order valence-electron chi connectivity index (χ3n) is 5.55. The van der Waals surface area contributed by atoms with Crippen LogP contribution >= 0.6 is 11.3 Å². The predicted octanol–water partition coefficient (Wildman–Crippen LogP) is 4.20. The third-order valence-corrected chi connectivity index (χ3v) is 6.75. The first-order chi connectivity index (χ1) is 11.0. The Labute approximate surface area is 142 Å². The molecule has 1 fully saturated rings. The number of thiophene rings is 1. The van der Waals surface area contributed by atoms with Gasteiger partial charge in [0, 0.05) is 16.6 Å². The normalized spacial score (nSPS) is 24.8. The van der Waals surface area contributed by atoms with Crippen molar-refractivity contribution in [2.45, 2.75) is 57.0 Å². The fraction of sp³-hybridized carbons (Fsp3) is 0.667. The lowest BCUT2D eigenvalue weighted by atomic mass is 9.89. The fourth-order valence-corrected chi connectivity index (χ4v) is 5.37. The number of hydrogen-bond donors (Lipinski definition) is 0. The molecule has 0 unspecified atom stereocenters. The van der Waals surface area contributed by atoms with Crippen LogP contribution in [0.3, 0.4) is 0 Å². The van der Waals surface area contributed by atoms with Crippen LogP contribution in [0.25, 0.3) is 15.5 Å². The SMILES string of the molecule is C[N+](C)(C)C1CCC([N-]c2ncnc3sc4c(c23)CCC4)CC1. The molecular weight excluding hydrogens is 304 g/mol.